The number of carbonyl (C=O) groups excluding carboxylic acids is 1. The molecule has 0 radical (unpaired) electrons. The minimum absolute atomic E-state index is 0.255. The van der Waals surface area contributed by atoms with Gasteiger partial charge in [0.15, 0.2) is 0 Å². The van der Waals surface area contributed by atoms with Crippen molar-refractivity contribution in [1.82, 2.24) is 4.90 Å². The fraction of sp³-hybridized carbons (Fsp3) is 0.211. The van der Waals surface area contributed by atoms with Gasteiger partial charge in [-0.2, -0.15) is 0 Å². The van der Waals surface area contributed by atoms with E-state index < -0.39 is 12.1 Å². The monoisotopic (exact) mass is 336 g/mol. The van der Waals surface area contributed by atoms with Crippen LogP contribution in [0.5, 0.6) is 0 Å². The first-order chi connectivity index (χ1) is 12.2. The van der Waals surface area contributed by atoms with Crippen molar-refractivity contribution in [3.8, 4) is 0 Å². The van der Waals surface area contributed by atoms with E-state index in [9.17, 15) is 14.9 Å². The zero-order valence-corrected chi connectivity index (χ0v) is 13.4. The second kappa shape index (κ2) is 6.05. The van der Waals surface area contributed by atoms with E-state index in [0.717, 1.165) is 16.7 Å². The molecular weight excluding hydrogens is 320 g/mol. The highest BCUT2D eigenvalue weighted by Crippen LogP contribution is 2.51. The molecule has 1 fully saturated rings. The molecule has 0 unspecified atom stereocenters. The van der Waals surface area contributed by atoms with Gasteiger partial charge < -0.3 is 4.74 Å². The van der Waals surface area contributed by atoms with Crippen LogP contribution < -0.4 is 0 Å². The number of hydrogen-bond donors (Lipinski definition) is 0. The maximum atomic E-state index is 12.0. The molecule has 6 heteroatoms. The molecule has 0 bridgehead atoms. The highest BCUT2D eigenvalue weighted by Gasteiger charge is 2.54. The van der Waals surface area contributed by atoms with Crippen LogP contribution in [0, 0.1) is 10.1 Å². The van der Waals surface area contributed by atoms with Crippen LogP contribution in [0.3, 0.4) is 0 Å². The molecule has 126 valence electrons. The molecule has 6 nitrogen and oxygen atoms in total. The van der Waals surface area contributed by atoms with Crippen LogP contribution in [0.4, 0.5) is 4.79 Å². The van der Waals surface area contributed by atoms with E-state index in [-0.39, 0.29) is 17.4 Å². The molecule has 2 aromatic carbocycles. The van der Waals surface area contributed by atoms with Gasteiger partial charge in [-0.05, 0) is 11.1 Å². The first kappa shape index (κ1) is 15.4. The number of rotatable bonds is 4. The average Bonchev–Trinajstić information content (AvgIpc) is 3.01. The maximum absolute atomic E-state index is 12.0. The smallest absolute Gasteiger partial charge is 0.414 e. The van der Waals surface area contributed by atoms with Crippen LogP contribution in [0.1, 0.15) is 17.0 Å². The third kappa shape index (κ3) is 2.46. The van der Waals surface area contributed by atoms with Gasteiger partial charge in [0.1, 0.15) is 12.3 Å². The van der Waals surface area contributed by atoms with Crippen molar-refractivity contribution in [2.75, 3.05) is 13.2 Å². The van der Waals surface area contributed by atoms with E-state index in [1.807, 2.05) is 60.7 Å². The second-order valence-corrected chi connectivity index (χ2v) is 6.05. The SMILES string of the molecule is O=C1OCCN1C1=C(c2ccccc2)[C@@H](c2ccccc2)[C@H]1[N+](=O)[O-]. The minimum atomic E-state index is -0.955. The lowest BCUT2D eigenvalue weighted by Gasteiger charge is -2.39. The van der Waals surface area contributed by atoms with Gasteiger partial charge in [-0.25, -0.2) is 4.79 Å². The molecule has 2 aliphatic rings. The number of ether oxygens (including phenoxy) is 1. The van der Waals surface area contributed by atoms with Crippen molar-refractivity contribution in [2.24, 2.45) is 0 Å². The Labute approximate surface area is 144 Å². The molecule has 0 aromatic heterocycles. The van der Waals surface area contributed by atoms with Crippen molar-refractivity contribution < 1.29 is 14.5 Å². The van der Waals surface area contributed by atoms with Gasteiger partial charge in [-0.1, -0.05) is 60.7 Å². The predicted octanol–water partition coefficient (Wildman–Crippen LogP) is 3.29. The summed E-state index contributed by atoms with van der Waals surface area (Å²) in [5, 5.41) is 11.8. The molecule has 0 spiro atoms. The number of benzene rings is 2. The Bertz CT molecular complexity index is 848. The fourth-order valence-electron chi connectivity index (χ4n) is 3.63. The number of carbonyl (C=O) groups is 1. The van der Waals surface area contributed by atoms with E-state index in [0.29, 0.717) is 12.2 Å². The van der Waals surface area contributed by atoms with Gasteiger partial charge >= 0.3 is 6.09 Å². The molecule has 2 atom stereocenters. The third-order valence-corrected chi connectivity index (χ3v) is 4.71. The molecule has 0 N–H and O–H groups in total. The fourth-order valence-corrected chi connectivity index (χ4v) is 3.63. The van der Waals surface area contributed by atoms with E-state index in [1.54, 1.807) is 0 Å². The van der Waals surface area contributed by atoms with Crippen LogP contribution in [0.15, 0.2) is 66.4 Å². The van der Waals surface area contributed by atoms with Gasteiger partial charge in [0.05, 0.1) is 12.5 Å². The van der Waals surface area contributed by atoms with Gasteiger partial charge in [-0.15, -0.1) is 0 Å². The summed E-state index contributed by atoms with van der Waals surface area (Å²) in [4.78, 5) is 25.0. The number of nitrogens with zero attached hydrogens (tertiary/aromatic N) is 2. The molecule has 1 aliphatic heterocycles. The Hall–Kier alpha value is -3.15. The summed E-state index contributed by atoms with van der Waals surface area (Å²) in [6.07, 6.45) is -0.512. The lowest BCUT2D eigenvalue weighted by Crippen LogP contribution is -2.47. The van der Waals surface area contributed by atoms with Gasteiger partial charge in [0, 0.05) is 10.5 Å². The molecule has 1 saturated heterocycles. The minimum Gasteiger partial charge on any atom is -0.447 e. The number of hydrogen-bond acceptors (Lipinski definition) is 4. The van der Waals surface area contributed by atoms with Gasteiger partial charge in [0.2, 0.25) is 0 Å². The van der Waals surface area contributed by atoms with Gasteiger partial charge in [0.25, 0.3) is 6.04 Å². The maximum Gasteiger partial charge on any atom is 0.414 e. The lowest BCUT2D eigenvalue weighted by atomic mass is 9.69. The quantitative estimate of drug-likeness (QED) is 0.634. The first-order valence-electron chi connectivity index (χ1n) is 8.10. The number of cyclic esters (lactones) is 1. The molecular formula is C19H16N2O4. The Morgan fingerprint density at radius 2 is 1.68 bits per heavy atom. The average molecular weight is 336 g/mol. The zero-order chi connectivity index (χ0) is 17.4. The normalized spacial score (nSPS) is 22.6. The van der Waals surface area contributed by atoms with Gasteiger partial charge in [-0.3, -0.25) is 15.0 Å². The molecule has 2 aromatic rings. The van der Waals surface area contributed by atoms with Crippen molar-refractivity contribution in [1.29, 1.82) is 0 Å². The van der Waals surface area contributed by atoms with E-state index >= 15 is 0 Å². The van der Waals surface area contributed by atoms with Crippen LogP contribution in [-0.2, 0) is 4.74 Å². The third-order valence-electron chi connectivity index (χ3n) is 4.71. The molecule has 0 saturated carbocycles. The van der Waals surface area contributed by atoms with E-state index in [4.69, 9.17) is 4.74 Å². The summed E-state index contributed by atoms with van der Waals surface area (Å²) in [5.41, 5.74) is 3.04. The molecule has 1 heterocycles. The standard InChI is InChI=1S/C19H16N2O4/c22-19-20(11-12-25-19)17-15(13-7-3-1-4-8-13)16(18(17)21(23)24)14-9-5-2-6-10-14/h1-10,16,18H,11-12H2/t16-,18-/m1/s1. The summed E-state index contributed by atoms with van der Waals surface area (Å²) in [7, 11) is 0. The molecule has 1 aliphatic carbocycles. The van der Waals surface area contributed by atoms with Crippen LogP contribution in [0.25, 0.3) is 5.57 Å². The van der Waals surface area contributed by atoms with Crippen molar-refractivity contribution in [2.45, 2.75) is 12.0 Å². The van der Waals surface area contributed by atoms with Crippen molar-refractivity contribution >= 4 is 11.7 Å². The Morgan fingerprint density at radius 1 is 1.04 bits per heavy atom. The highest BCUT2D eigenvalue weighted by molar-refractivity contribution is 5.86. The Morgan fingerprint density at radius 3 is 2.24 bits per heavy atom. The zero-order valence-electron chi connectivity index (χ0n) is 13.4. The largest absolute Gasteiger partial charge is 0.447 e. The summed E-state index contributed by atoms with van der Waals surface area (Å²) < 4.78 is 5.01. The topological polar surface area (TPSA) is 72.7 Å². The number of nitro groups is 1. The summed E-state index contributed by atoms with van der Waals surface area (Å²) >= 11 is 0. The predicted molar refractivity (Wildman–Crippen MR) is 91.4 cm³/mol. The van der Waals surface area contributed by atoms with Crippen LogP contribution >= 0.6 is 0 Å². The molecule has 25 heavy (non-hydrogen) atoms. The lowest BCUT2D eigenvalue weighted by molar-refractivity contribution is -0.520. The van der Waals surface area contributed by atoms with Crippen LogP contribution in [-0.4, -0.2) is 35.1 Å². The Kier molecular flexibility index (Phi) is 3.72. The van der Waals surface area contributed by atoms with E-state index in [1.165, 1.54) is 4.90 Å². The second-order valence-electron chi connectivity index (χ2n) is 6.05. The van der Waals surface area contributed by atoms with Crippen LogP contribution in [0.2, 0.25) is 0 Å². The summed E-state index contributed by atoms with van der Waals surface area (Å²) in [5.74, 6) is -0.387. The van der Waals surface area contributed by atoms with E-state index in [2.05, 4.69) is 0 Å². The molecule has 1 amide bonds. The summed E-state index contributed by atoms with van der Waals surface area (Å²) in [6, 6.07) is 18.0. The summed E-state index contributed by atoms with van der Waals surface area (Å²) in [6.45, 7) is 0.598. The highest BCUT2D eigenvalue weighted by atomic mass is 16.6. The number of amides is 1. The first-order valence-corrected chi connectivity index (χ1v) is 8.10. The van der Waals surface area contributed by atoms with Crippen molar-refractivity contribution in [3.63, 3.8) is 0 Å². The Balaban J connectivity index is 1.90. The molecule has 4 rings (SSSR count). The van der Waals surface area contributed by atoms with Crippen molar-refractivity contribution in [3.05, 3.63) is 87.6 Å².